The zero-order valence-electron chi connectivity index (χ0n) is 20.1. The number of aromatic amines is 1. The smallest absolute Gasteiger partial charge is 0.321 e. The molecule has 4 heterocycles. The van der Waals surface area contributed by atoms with Crippen LogP contribution >= 0.6 is 0 Å². The van der Waals surface area contributed by atoms with Crippen LogP contribution in [0, 0.1) is 20.8 Å². The molecule has 2 saturated heterocycles. The summed E-state index contributed by atoms with van der Waals surface area (Å²) in [4.78, 5) is 21.9. The van der Waals surface area contributed by atoms with E-state index in [4.69, 9.17) is 9.72 Å². The fraction of sp³-hybridized carbons (Fsp3) is 0.423. The fourth-order valence-electron chi connectivity index (χ4n) is 4.82. The Morgan fingerprint density at radius 1 is 1.03 bits per heavy atom. The summed E-state index contributed by atoms with van der Waals surface area (Å²) < 4.78 is 5.56. The Labute approximate surface area is 200 Å². The number of amides is 2. The van der Waals surface area contributed by atoms with Crippen LogP contribution < -0.4 is 10.2 Å². The molecule has 1 aromatic carbocycles. The van der Waals surface area contributed by atoms with Crippen molar-refractivity contribution in [2.75, 3.05) is 49.6 Å². The van der Waals surface area contributed by atoms with Gasteiger partial charge < -0.3 is 19.9 Å². The first-order valence-corrected chi connectivity index (χ1v) is 12.0. The van der Waals surface area contributed by atoms with Crippen LogP contribution in [0.25, 0.3) is 22.4 Å². The first-order chi connectivity index (χ1) is 16.5. The van der Waals surface area contributed by atoms with E-state index in [1.807, 2.05) is 24.8 Å². The molecule has 2 aliphatic rings. The monoisotopic (exact) mass is 460 g/mol. The summed E-state index contributed by atoms with van der Waals surface area (Å²) in [5, 5.41) is 10.6. The molecular weight excluding hydrogens is 428 g/mol. The number of nitrogens with one attached hydrogen (secondary N) is 2. The molecular formula is C26H32N6O2. The Bertz CT molecular complexity index is 1170. The van der Waals surface area contributed by atoms with Crippen LogP contribution in [0.3, 0.4) is 0 Å². The molecule has 8 nitrogen and oxygen atoms in total. The van der Waals surface area contributed by atoms with Gasteiger partial charge in [-0.2, -0.15) is 5.10 Å². The number of hydrogen-bond donors (Lipinski definition) is 2. The van der Waals surface area contributed by atoms with E-state index in [0.717, 1.165) is 89.9 Å². The van der Waals surface area contributed by atoms with Crippen LogP contribution in [0.1, 0.15) is 29.8 Å². The van der Waals surface area contributed by atoms with Crippen LogP contribution in [-0.4, -0.2) is 65.5 Å². The van der Waals surface area contributed by atoms with Crippen molar-refractivity contribution in [3.8, 4) is 22.4 Å². The van der Waals surface area contributed by atoms with Crippen LogP contribution in [0.4, 0.5) is 16.3 Å². The number of ether oxygens (including phenoxy) is 1. The first kappa shape index (κ1) is 22.4. The lowest BCUT2D eigenvalue weighted by Gasteiger charge is -2.28. The molecule has 3 aromatic rings. The molecule has 2 fully saturated rings. The SMILES string of the molecule is Cc1ccc(NC(=O)N2CCCC2)cc1-c1cc(-c2c(C)n[nH]c2C)nc(N2CCOCC2)c1. The van der Waals surface area contributed by atoms with Gasteiger partial charge >= 0.3 is 6.03 Å². The zero-order valence-corrected chi connectivity index (χ0v) is 20.1. The third-order valence-electron chi connectivity index (χ3n) is 6.72. The number of likely N-dealkylation sites (tertiary alicyclic amines) is 1. The second-order valence-corrected chi connectivity index (χ2v) is 9.16. The van der Waals surface area contributed by atoms with Crippen molar-refractivity contribution in [3.05, 3.63) is 47.3 Å². The summed E-state index contributed by atoms with van der Waals surface area (Å²) in [6, 6.07) is 10.4. The summed E-state index contributed by atoms with van der Waals surface area (Å²) in [6.45, 7) is 10.8. The predicted octanol–water partition coefficient (Wildman–Crippen LogP) is 4.53. The highest BCUT2D eigenvalue weighted by Gasteiger charge is 2.20. The van der Waals surface area contributed by atoms with Gasteiger partial charge in [0, 0.05) is 43.1 Å². The second kappa shape index (κ2) is 9.46. The van der Waals surface area contributed by atoms with Gasteiger partial charge in [0.05, 0.1) is 24.6 Å². The number of hydrogen-bond acceptors (Lipinski definition) is 5. The summed E-state index contributed by atoms with van der Waals surface area (Å²) in [5.74, 6) is 0.932. The van der Waals surface area contributed by atoms with E-state index in [1.165, 1.54) is 0 Å². The average molecular weight is 461 g/mol. The van der Waals surface area contributed by atoms with Crippen molar-refractivity contribution in [2.45, 2.75) is 33.6 Å². The van der Waals surface area contributed by atoms with E-state index in [9.17, 15) is 4.79 Å². The molecule has 0 unspecified atom stereocenters. The number of morpholine rings is 1. The van der Waals surface area contributed by atoms with Gasteiger partial charge in [-0.1, -0.05) is 6.07 Å². The number of carbonyl (C=O) groups is 1. The molecule has 8 heteroatoms. The number of rotatable bonds is 4. The van der Waals surface area contributed by atoms with Gasteiger partial charge in [-0.25, -0.2) is 9.78 Å². The number of anilines is 2. The molecule has 0 spiro atoms. The Hall–Kier alpha value is -3.39. The molecule has 2 aliphatic heterocycles. The highest BCUT2D eigenvalue weighted by Crippen LogP contribution is 2.34. The summed E-state index contributed by atoms with van der Waals surface area (Å²) >= 11 is 0. The summed E-state index contributed by atoms with van der Waals surface area (Å²) in [7, 11) is 0. The van der Waals surface area contributed by atoms with Gasteiger partial charge in [-0.05, 0) is 74.6 Å². The number of carbonyl (C=O) groups excluding carboxylic acids is 1. The molecule has 34 heavy (non-hydrogen) atoms. The molecule has 2 aromatic heterocycles. The maximum Gasteiger partial charge on any atom is 0.321 e. The van der Waals surface area contributed by atoms with Crippen molar-refractivity contribution in [1.82, 2.24) is 20.1 Å². The molecule has 5 rings (SSSR count). The van der Waals surface area contributed by atoms with Gasteiger partial charge in [-0.15, -0.1) is 0 Å². The minimum absolute atomic E-state index is 0.0265. The number of nitrogens with zero attached hydrogens (tertiary/aromatic N) is 4. The number of pyridine rings is 1. The van der Waals surface area contributed by atoms with Crippen molar-refractivity contribution in [3.63, 3.8) is 0 Å². The molecule has 2 N–H and O–H groups in total. The van der Waals surface area contributed by atoms with E-state index in [0.29, 0.717) is 13.2 Å². The van der Waals surface area contributed by atoms with Gasteiger partial charge in [-0.3, -0.25) is 5.10 Å². The molecule has 0 bridgehead atoms. The molecule has 0 saturated carbocycles. The van der Waals surface area contributed by atoms with Crippen LogP contribution in [0.2, 0.25) is 0 Å². The van der Waals surface area contributed by atoms with Crippen LogP contribution in [0.15, 0.2) is 30.3 Å². The number of aryl methyl sites for hydroxylation is 3. The van der Waals surface area contributed by atoms with Gasteiger partial charge in [0.2, 0.25) is 0 Å². The largest absolute Gasteiger partial charge is 0.378 e. The van der Waals surface area contributed by atoms with Crippen molar-refractivity contribution >= 4 is 17.5 Å². The number of urea groups is 1. The maximum atomic E-state index is 12.7. The highest BCUT2D eigenvalue weighted by atomic mass is 16.5. The quantitative estimate of drug-likeness (QED) is 0.598. The van der Waals surface area contributed by atoms with Gasteiger partial charge in [0.1, 0.15) is 5.82 Å². The first-order valence-electron chi connectivity index (χ1n) is 12.0. The number of aromatic nitrogens is 3. The molecule has 0 atom stereocenters. The maximum absolute atomic E-state index is 12.7. The van der Waals surface area contributed by atoms with E-state index in [1.54, 1.807) is 0 Å². The summed E-state index contributed by atoms with van der Waals surface area (Å²) in [6.07, 6.45) is 2.15. The van der Waals surface area contributed by atoms with Crippen LogP contribution in [0.5, 0.6) is 0 Å². The summed E-state index contributed by atoms with van der Waals surface area (Å²) in [5.41, 5.74) is 7.96. The predicted molar refractivity (Wildman–Crippen MR) is 134 cm³/mol. The van der Waals surface area contributed by atoms with Crippen LogP contribution in [-0.2, 0) is 4.74 Å². The van der Waals surface area contributed by atoms with E-state index in [-0.39, 0.29) is 6.03 Å². The lowest BCUT2D eigenvalue weighted by Crippen LogP contribution is -2.36. The topological polar surface area (TPSA) is 86.4 Å². The van der Waals surface area contributed by atoms with E-state index < -0.39 is 0 Å². The van der Waals surface area contributed by atoms with E-state index in [2.05, 4.69) is 51.6 Å². The highest BCUT2D eigenvalue weighted by molar-refractivity contribution is 5.91. The third-order valence-corrected chi connectivity index (χ3v) is 6.72. The second-order valence-electron chi connectivity index (χ2n) is 9.16. The molecule has 0 aliphatic carbocycles. The van der Waals surface area contributed by atoms with Crippen molar-refractivity contribution < 1.29 is 9.53 Å². The molecule has 2 amide bonds. The standard InChI is InChI=1S/C26H32N6O2/c1-17-6-7-21(27-26(33)32-8-4-5-9-32)16-22(17)20-14-23(25-18(2)29-30-19(25)3)28-24(15-20)31-10-12-34-13-11-31/h6-7,14-16H,4-5,8-13H2,1-3H3,(H,27,33)(H,29,30). The minimum Gasteiger partial charge on any atom is -0.378 e. The van der Waals surface area contributed by atoms with Crippen molar-refractivity contribution in [2.24, 2.45) is 0 Å². The van der Waals surface area contributed by atoms with E-state index >= 15 is 0 Å². The number of benzene rings is 1. The van der Waals surface area contributed by atoms with Gasteiger partial charge in [0.25, 0.3) is 0 Å². The zero-order chi connectivity index (χ0) is 23.7. The fourth-order valence-corrected chi connectivity index (χ4v) is 4.82. The van der Waals surface area contributed by atoms with Crippen molar-refractivity contribution in [1.29, 1.82) is 0 Å². The molecule has 0 radical (unpaired) electrons. The lowest BCUT2D eigenvalue weighted by molar-refractivity contribution is 0.122. The lowest BCUT2D eigenvalue weighted by atomic mass is 9.98. The Kier molecular flexibility index (Phi) is 6.24. The Morgan fingerprint density at radius 3 is 2.50 bits per heavy atom. The molecule has 178 valence electrons. The van der Waals surface area contributed by atoms with Gasteiger partial charge in [0.15, 0.2) is 0 Å². The third kappa shape index (κ3) is 4.50. The normalized spacial score (nSPS) is 16.2. The number of H-pyrrole nitrogens is 1. The minimum atomic E-state index is -0.0265. The Balaban J connectivity index is 1.55. The average Bonchev–Trinajstić information content (AvgIpc) is 3.50. The Morgan fingerprint density at radius 2 is 1.79 bits per heavy atom.